The molecule has 0 aromatic heterocycles. The van der Waals surface area contributed by atoms with Crippen molar-refractivity contribution >= 4 is 23.0 Å². The Bertz CT molecular complexity index is 523. The molecular weight excluding hydrogens is 250 g/mol. The molecule has 3 N–H and O–H groups in total. The number of rotatable bonds is 5. The second-order valence-corrected chi connectivity index (χ2v) is 5.89. The number of nitrogens with one attached hydrogen (secondary N) is 1. The van der Waals surface area contributed by atoms with E-state index in [2.05, 4.69) is 23.2 Å². The van der Waals surface area contributed by atoms with E-state index in [-0.39, 0.29) is 5.91 Å². The zero-order valence-corrected chi connectivity index (χ0v) is 12.1. The summed E-state index contributed by atoms with van der Waals surface area (Å²) in [6.45, 7) is 3.30. The van der Waals surface area contributed by atoms with Gasteiger partial charge in [0.2, 0.25) is 5.91 Å². The highest BCUT2D eigenvalue weighted by atomic mass is 16.1. The van der Waals surface area contributed by atoms with Crippen LogP contribution in [0.1, 0.15) is 44.6 Å². The maximum Gasteiger partial charge on any atom is 0.224 e. The van der Waals surface area contributed by atoms with E-state index in [4.69, 9.17) is 5.73 Å². The smallest absolute Gasteiger partial charge is 0.224 e. The molecule has 0 saturated heterocycles. The molecule has 0 bridgehead atoms. The molecule has 0 unspecified atom stereocenters. The molecule has 1 aromatic rings. The molecule has 20 heavy (non-hydrogen) atoms. The van der Waals surface area contributed by atoms with Crippen LogP contribution in [0, 0.1) is 0 Å². The van der Waals surface area contributed by atoms with Crippen molar-refractivity contribution in [3.63, 3.8) is 0 Å². The molecular formula is C16H23N3O. The van der Waals surface area contributed by atoms with Crippen molar-refractivity contribution in [1.29, 1.82) is 0 Å². The zero-order valence-electron chi connectivity index (χ0n) is 12.1. The number of hydrogen-bond acceptors (Lipinski definition) is 3. The average Bonchev–Trinajstić information content (AvgIpc) is 3.24. The lowest BCUT2D eigenvalue weighted by Crippen LogP contribution is -2.28. The van der Waals surface area contributed by atoms with Crippen LogP contribution in [0.25, 0.3) is 0 Å². The van der Waals surface area contributed by atoms with Gasteiger partial charge in [0, 0.05) is 24.7 Å². The van der Waals surface area contributed by atoms with E-state index in [0.717, 1.165) is 30.0 Å². The number of hydrogen-bond donors (Lipinski definition) is 2. The molecule has 1 fully saturated rings. The zero-order chi connectivity index (χ0) is 14.1. The van der Waals surface area contributed by atoms with Crippen LogP contribution in [0.2, 0.25) is 0 Å². The van der Waals surface area contributed by atoms with Crippen LogP contribution in [-0.4, -0.2) is 18.5 Å². The fraction of sp³-hybridized carbons (Fsp3) is 0.562. The Morgan fingerprint density at radius 2 is 2.15 bits per heavy atom. The second kappa shape index (κ2) is 5.35. The van der Waals surface area contributed by atoms with Crippen molar-refractivity contribution in [2.75, 3.05) is 22.5 Å². The Kier molecular flexibility index (Phi) is 3.55. The third-order valence-corrected chi connectivity index (χ3v) is 4.20. The Morgan fingerprint density at radius 1 is 1.35 bits per heavy atom. The first-order valence-corrected chi connectivity index (χ1v) is 7.68. The number of carbonyl (C=O) groups is 1. The first-order chi connectivity index (χ1) is 9.69. The van der Waals surface area contributed by atoms with Crippen molar-refractivity contribution in [3.8, 4) is 0 Å². The number of aryl methyl sites for hydroxylation is 1. The molecule has 1 aliphatic carbocycles. The fourth-order valence-electron chi connectivity index (χ4n) is 2.90. The first-order valence-electron chi connectivity index (χ1n) is 7.68. The van der Waals surface area contributed by atoms with Crippen molar-refractivity contribution in [2.45, 2.75) is 51.5 Å². The van der Waals surface area contributed by atoms with Crippen LogP contribution in [0.5, 0.6) is 0 Å². The van der Waals surface area contributed by atoms with E-state index in [9.17, 15) is 4.79 Å². The highest BCUT2D eigenvalue weighted by Gasteiger charge is 2.30. The number of anilines is 3. The lowest BCUT2D eigenvalue weighted by molar-refractivity contribution is -0.116. The minimum atomic E-state index is 0.0923. The van der Waals surface area contributed by atoms with Gasteiger partial charge in [0.1, 0.15) is 0 Å². The summed E-state index contributed by atoms with van der Waals surface area (Å²) in [5.74, 6) is 0.0923. The molecule has 4 heteroatoms. The Balaban J connectivity index is 1.90. The summed E-state index contributed by atoms with van der Waals surface area (Å²) in [6, 6.07) is 4.79. The van der Waals surface area contributed by atoms with Gasteiger partial charge in [-0.05, 0) is 43.4 Å². The molecule has 0 atom stereocenters. The summed E-state index contributed by atoms with van der Waals surface area (Å²) in [4.78, 5) is 13.9. The molecule has 4 nitrogen and oxygen atoms in total. The van der Waals surface area contributed by atoms with Gasteiger partial charge in [0.15, 0.2) is 0 Å². The van der Waals surface area contributed by atoms with Gasteiger partial charge in [-0.25, -0.2) is 0 Å². The van der Waals surface area contributed by atoms with Crippen LogP contribution in [0.3, 0.4) is 0 Å². The van der Waals surface area contributed by atoms with Gasteiger partial charge in [-0.2, -0.15) is 0 Å². The monoisotopic (exact) mass is 273 g/mol. The van der Waals surface area contributed by atoms with Crippen molar-refractivity contribution < 1.29 is 4.79 Å². The number of nitrogens with zero attached hydrogens (tertiary/aromatic N) is 1. The number of nitrogens with two attached hydrogens (primary N) is 1. The van der Waals surface area contributed by atoms with Crippen molar-refractivity contribution in [1.82, 2.24) is 0 Å². The molecule has 1 saturated carbocycles. The topological polar surface area (TPSA) is 58.4 Å². The predicted molar refractivity (Wildman–Crippen MR) is 83.1 cm³/mol. The average molecular weight is 273 g/mol. The van der Waals surface area contributed by atoms with Crippen LogP contribution in [0.15, 0.2) is 12.1 Å². The quantitative estimate of drug-likeness (QED) is 0.811. The normalized spacial score (nSPS) is 17.6. The molecule has 0 spiro atoms. The molecule has 108 valence electrons. The van der Waals surface area contributed by atoms with Gasteiger partial charge in [-0.3, -0.25) is 4.79 Å². The lowest BCUT2D eigenvalue weighted by Gasteiger charge is -2.28. The molecule has 3 rings (SSSR count). The summed E-state index contributed by atoms with van der Waals surface area (Å²) >= 11 is 0. The molecule has 0 radical (unpaired) electrons. The fourth-order valence-corrected chi connectivity index (χ4v) is 2.90. The highest BCUT2D eigenvalue weighted by Crippen LogP contribution is 2.38. The van der Waals surface area contributed by atoms with Gasteiger partial charge < -0.3 is 16.0 Å². The minimum absolute atomic E-state index is 0.0923. The van der Waals surface area contributed by atoms with E-state index in [0.29, 0.717) is 12.5 Å². The summed E-state index contributed by atoms with van der Waals surface area (Å²) in [5, 5.41) is 2.92. The van der Waals surface area contributed by atoms with E-state index in [1.807, 2.05) is 6.07 Å². The number of fused-ring (bicyclic) bond motifs is 1. The molecule has 2 aliphatic rings. The largest absolute Gasteiger partial charge is 0.397 e. The number of amides is 1. The Labute approximate surface area is 120 Å². The molecule has 1 aromatic carbocycles. The third-order valence-electron chi connectivity index (χ3n) is 4.20. The number of unbranched alkanes of at least 4 members (excludes halogenated alkanes) is 1. The van der Waals surface area contributed by atoms with Gasteiger partial charge in [0.25, 0.3) is 0 Å². The van der Waals surface area contributed by atoms with Crippen LogP contribution >= 0.6 is 0 Å². The summed E-state index contributed by atoms with van der Waals surface area (Å²) < 4.78 is 0. The third kappa shape index (κ3) is 2.60. The summed E-state index contributed by atoms with van der Waals surface area (Å²) in [7, 11) is 0. The molecule has 1 aliphatic heterocycles. The van der Waals surface area contributed by atoms with E-state index < -0.39 is 0 Å². The SMILES string of the molecule is CCCCN(c1cc2c(cc1N)NC(=O)CC2)C1CC1. The van der Waals surface area contributed by atoms with Crippen molar-refractivity contribution in [2.24, 2.45) is 0 Å². The highest BCUT2D eigenvalue weighted by molar-refractivity contribution is 5.95. The van der Waals surface area contributed by atoms with Crippen LogP contribution < -0.4 is 16.0 Å². The second-order valence-electron chi connectivity index (χ2n) is 5.89. The van der Waals surface area contributed by atoms with E-state index in [1.165, 1.54) is 31.2 Å². The van der Waals surface area contributed by atoms with Gasteiger partial charge in [-0.15, -0.1) is 0 Å². The predicted octanol–water partition coefficient (Wildman–Crippen LogP) is 2.92. The number of benzene rings is 1. The van der Waals surface area contributed by atoms with E-state index in [1.54, 1.807) is 0 Å². The molecule has 1 amide bonds. The molecule has 1 heterocycles. The van der Waals surface area contributed by atoms with Gasteiger partial charge >= 0.3 is 0 Å². The lowest BCUT2D eigenvalue weighted by atomic mass is 10.0. The Hall–Kier alpha value is -1.71. The van der Waals surface area contributed by atoms with E-state index >= 15 is 0 Å². The maximum absolute atomic E-state index is 11.5. The summed E-state index contributed by atoms with van der Waals surface area (Å²) in [5.41, 5.74) is 10.3. The van der Waals surface area contributed by atoms with Crippen LogP contribution in [-0.2, 0) is 11.2 Å². The van der Waals surface area contributed by atoms with Crippen molar-refractivity contribution in [3.05, 3.63) is 17.7 Å². The summed E-state index contributed by atoms with van der Waals surface area (Å²) in [6.07, 6.45) is 6.34. The Morgan fingerprint density at radius 3 is 2.85 bits per heavy atom. The van der Waals surface area contributed by atoms with Gasteiger partial charge in [0.05, 0.1) is 11.4 Å². The number of nitrogen functional groups attached to an aromatic ring is 1. The van der Waals surface area contributed by atoms with Crippen LogP contribution in [0.4, 0.5) is 17.1 Å². The number of carbonyl (C=O) groups excluding carboxylic acids is 1. The standard InChI is InChI=1S/C16H23N3O/c1-2-3-8-19(12-5-6-12)15-9-11-4-7-16(20)18-14(11)10-13(15)17/h9-10,12H,2-8,17H2,1H3,(H,18,20). The first kappa shape index (κ1) is 13.3. The maximum atomic E-state index is 11.5. The minimum Gasteiger partial charge on any atom is -0.397 e. The van der Waals surface area contributed by atoms with Gasteiger partial charge in [-0.1, -0.05) is 13.3 Å².